The number of nitrogens with zero attached hydrogens (tertiary/aromatic N) is 4. The average Bonchev–Trinajstić information content (AvgIpc) is 3.53. The predicted octanol–water partition coefficient (Wildman–Crippen LogP) is 4.29. The summed E-state index contributed by atoms with van der Waals surface area (Å²) in [6.45, 7) is 5.59. The van der Waals surface area contributed by atoms with Gasteiger partial charge in [-0.15, -0.1) is 0 Å². The van der Waals surface area contributed by atoms with Crippen LogP contribution in [0.3, 0.4) is 0 Å². The maximum atomic E-state index is 11.5. The monoisotopic (exact) mass is 428 g/mol. The fourth-order valence-electron chi connectivity index (χ4n) is 3.91. The van der Waals surface area contributed by atoms with Gasteiger partial charge in [-0.05, 0) is 51.1 Å². The zero-order valence-electron chi connectivity index (χ0n) is 17.3. The van der Waals surface area contributed by atoms with Crippen molar-refractivity contribution in [2.45, 2.75) is 20.8 Å². The summed E-state index contributed by atoms with van der Waals surface area (Å²) in [5.74, 6) is 2.23. The van der Waals surface area contributed by atoms with E-state index in [-0.39, 0.29) is 5.69 Å². The molecule has 1 aromatic carbocycles. The number of benzene rings is 1. The molecule has 10 heteroatoms. The van der Waals surface area contributed by atoms with E-state index in [1.54, 1.807) is 12.1 Å². The number of rotatable bonds is 3. The summed E-state index contributed by atoms with van der Waals surface area (Å²) in [7, 11) is 0. The third-order valence-electron chi connectivity index (χ3n) is 5.36. The smallest absolute Gasteiger partial charge is 0.323 e. The van der Waals surface area contributed by atoms with Crippen LogP contribution in [-0.4, -0.2) is 30.2 Å². The normalized spacial score (nSPS) is 11.7. The minimum atomic E-state index is -0.273. The van der Waals surface area contributed by atoms with E-state index < -0.39 is 0 Å². The fraction of sp³-hybridized carbons (Fsp3) is 0.136. The number of hydrogen-bond acceptors (Lipinski definition) is 8. The van der Waals surface area contributed by atoms with Gasteiger partial charge in [-0.1, -0.05) is 10.3 Å². The van der Waals surface area contributed by atoms with E-state index in [0.29, 0.717) is 56.4 Å². The first-order valence-electron chi connectivity index (χ1n) is 9.87. The Morgan fingerprint density at radius 2 is 1.72 bits per heavy atom. The van der Waals surface area contributed by atoms with E-state index >= 15 is 0 Å². The first-order valence-corrected chi connectivity index (χ1v) is 9.87. The molecule has 0 saturated carbocycles. The lowest BCUT2D eigenvalue weighted by Crippen LogP contribution is -1.99. The SMILES string of the molecule is Cc1cc(-c2cc(-c3nc(-c4ccc5[nH]c(=O)[nH]c5c4)no3)c3c(C)noc3n2)c(C)o1. The van der Waals surface area contributed by atoms with Gasteiger partial charge in [0, 0.05) is 11.1 Å². The summed E-state index contributed by atoms with van der Waals surface area (Å²) in [6.07, 6.45) is 0. The number of H-pyrrole nitrogens is 2. The second kappa shape index (κ2) is 6.51. The van der Waals surface area contributed by atoms with Crippen molar-refractivity contribution < 1.29 is 13.5 Å². The Bertz CT molecular complexity index is 1700. The highest BCUT2D eigenvalue weighted by Crippen LogP contribution is 2.35. The molecule has 0 fully saturated rings. The Labute approximate surface area is 179 Å². The Kier molecular flexibility index (Phi) is 3.73. The number of furan rings is 1. The van der Waals surface area contributed by atoms with Crippen LogP contribution in [0.15, 0.2) is 48.6 Å². The second-order valence-electron chi connectivity index (χ2n) is 7.59. The lowest BCUT2D eigenvalue weighted by molar-refractivity contribution is 0.432. The second-order valence-corrected chi connectivity index (χ2v) is 7.59. The number of fused-ring (bicyclic) bond motifs is 2. The molecule has 0 spiro atoms. The number of pyridine rings is 1. The van der Waals surface area contributed by atoms with Gasteiger partial charge in [-0.2, -0.15) is 4.98 Å². The summed E-state index contributed by atoms with van der Waals surface area (Å²) in [5, 5.41) is 8.90. The number of aryl methyl sites for hydroxylation is 3. The first kappa shape index (κ1) is 18.3. The van der Waals surface area contributed by atoms with Gasteiger partial charge in [0.05, 0.1) is 33.4 Å². The highest BCUT2D eigenvalue weighted by atomic mass is 16.5. The highest BCUT2D eigenvalue weighted by molar-refractivity contribution is 5.94. The zero-order valence-corrected chi connectivity index (χ0v) is 17.3. The van der Waals surface area contributed by atoms with Crippen molar-refractivity contribution in [2.75, 3.05) is 0 Å². The molecule has 0 atom stereocenters. The van der Waals surface area contributed by atoms with Crippen LogP contribution in [0.2, 0.25) is 0 Å². The standard InChI is InChI=1S/C22H16N6O4/c1-9-6-13(11(3)30-9)16-8-14(18-10(2)27-32-21(18)23-16)20-26-19(28-31-20)12-4-5-15-17(7-12)25-22(29)24-15/h4-8H,1-3H3,(H2,24,25,29). The third-order valence-corrected chi connectivity index (χ3v) is 5.36. The largest absolute Gasteiger partial charge is 0.466 e. The van der Waals surface area contributed by atoms with Crippen molar-refractivity contribution in [3.8, 4) is 34.1 Å². The number of hydrogen-bond donors (Lipinski definition) is 2. The molecule has 0 aliphatic rings. The summed E-state index contributed by atoms with van der Waals surface area (Å²) in [6, 6.07) is 9.18. The van der Waals surface area contributed by atoms with Crippen molar-refractivity contribution in [3.05, 3.63) is 58.0 Å². The molecular weight excluding hydrogens is 412 g/mol. The van der Waals surface area contributed by atoms with Gasteiger partial charge in [0.15, 0.2) is 0 Å². The zero-order chi connectivity index (χ0) is 22.0. The van der Waals surface area contributed by atoms with Crippen LogP contribution in [0.4, 0.5) is 0 Å². The molecule has 10 nitrogen and oxygen atoms in total. The number of aromatic nitrogens is 6. The van der Waals surface area contributed by atoms with Gasteiger partial charge in [-0.25, -0.2) is 9.78 Å². The minimum Gasteiger partial charge on any atom is -0.466 e. The third kappa shape index (κ3) is 2.77. The molecule has 0 unspecified atom stereocenters. The van der Waals surface area contributed by atoms with Gasteiger partial charge in [0.1, 0.15) is 11.5 Å². The topological polar surface area (TPSA) is 140 Å². The van der Waals surface area contributed by atoms with Crippen LogP contribution in [0.5, 0.6) is 0 Å². The molecule has 158 valence electrons. The van der Waals surface area contributed by atoms with Crippen LogP contribution in [0.1, 0.15) is 17.2 Å². The van der Waals surface area contributed by atoms with Crippen LogP contribution >= 0.6 is 0 Å². The van der Waals surface area contributed by atoms with E-state index in [1.165, 1.54) is 0 Å². The highest BCUT2D eigenvalue weighted by Gasteiger charge is 2.22. The molecule has 0 aliphatic carbocycles. The fourth-order valence-corrected chi connectivity index (χ4v) is 3.91. The molecule has 5 aromatic heterocycles. The molecule has 32 heavy (non-hydrogen) atoms. The summed E-state index contributed by atoms with van der Waals surface area (Å²) in [4.78, 5) is 26.2. The lowest BCUT2D eigenvalue weighted by atomic mass is 10.1. The minimum absolute atomic E-state index is 0.273. The van der Waals surface area contributed by atoms with Crippen molar-refractivity contribution >= 4 is 22.1 Å². The molecule has 6 rings (SSSR count). The Balaban J connectivity index is 1.52. The van der Waals surface area contributed by atoms with Gasteiger partial charge in [-0.3, -0.25) is 0 Å². The van der Waals surface area contributed by atoms with E-state index in [1.807, 2.05) is 39.0 Å². The quantitative estimate of drug-likeness (QED) is 0.425. The molecular formula is C22H16N6O4. The molecule has 0 radical (unpaired) electrons. The summed E-state index contributed by atoms with van der Waals surface area (Å²) < 4.78 is 16.7. The molecule has 2 N–H and O–H groups in total. The van der Waals surface area contributed by atoms with Crippen molar-refractivity contribution in [2.24, 2.45) is 0 Å². The molecule has 0 amide bonds. The van der Waals surface area contributed by atoms with E-state index in [0.717, 1.165) is 17.1 Å². The molecule has 0 saturated heterocycles. The Morgan fingerprint density at radius 3 is 2.53 bits per heavy atom. The van der Waals surface area contributed by atoms with Gasteiger partial charge < -0.3 is 23.4 Å². The number of nitrogens with one attached hydrogen (secondary N) is 2. The maximum absolute atomic E-state index is 11.5. The molecule has 6 aromatic rings. The van der Waals surface area contributed by atoms with Crippen LogP contribution in [0.25, 0.3) is 56.2 Å². The number of aromatic amines is 2. The van der Waals surface area contributed by atoms with Crippen molar-refractivity contribution in [1.29, 1.82) is 0 Å². The van der Waals surface area contributed by atoms with Crippen molar-refractivity contribution in [3.63, 3.8) is 0 Å². The Hall–Kier alpha value is -4.47. The predicted molar refractivity (Wildman–Crippen MR) is 115 cm³/mol. The molecule has 0 bridgehead atoms. The van der Waals surface area contributed by atoms with Gasteiger partial charge in [0.25, 0.3) is 11.6 Å². The molecule has 5 heterocycles. The van der Waals surface area contributed by atoms with E-state index in [2.05, 4.69) is 30.2 Å². The maximum Gasteiger partial charge on any atom is 0.323 e. The first-order chi connectivity index (χ1) is 15.5. The number of imidazole rings is 1. The Morgan fingerprint density at radius 1 is 0.875 bits per heavy atom. The lowest BCUT2D eigenvalue weighted by Gasteiger charge is -2.02. The van der Waals surface area contributed by atoms with Gasteiger partial charge >= 0.3 is 5.69 Å². The van der Waals surface area contributed by atoms with Crippen molar-refractivity contribution in [1.82, 2.24) is 30.2 Å². The summed E-state index contributed by atoms with van der Waals surface area (Å²) >= 11 is 0. The average molecular weight is 428 g/mol. The molecule has 0 aliphatic heterocycles. The van der Waals surface area contributed by atoms with Crippen LogP contribution in [0, 0.1) is 20.8 Å². The summed E-state index contributed by atoms with van der Waals surface area (Å²) in [5.41, 5.74) is 5.01. The van der Waals surface area contributed by atoms with Crippen LogP contribution in [-0.2, 0) is 0 Å². The van der Waals surface area contributed by atoms with E-state index in [9.17, 15) is 4.79 Å². The van der Waals surface area contributed by atoms with Gasteiger partial charge in [0.2, 0.25) is 5.82 Å². The van der Waals surface area contributed by atoms with E-state index in [4.69, 9.17) is 13.5 Å². The van der Waals surface area contributed by atoms with Crippen LogP contribution < -0.4 is 5.69 Å².